The van der Waals surface area contributed by atoms with E-state index >= 15 is 0 Å². The Balaban J connectivity index is 2.99. The molecule has 1 nitrogen and oxygen atoms in total. The fourth-order valence-electron chi connectivity index (χ4n) is 1.35. The van der Waals surface area contributed by atoms with Crippen molar-refractivity contribution in [2.24, 2.45) is 0 Å². The van der Waals surface area contributed by atoms with Crippen LogP contribution in [0.4, 0.5) is 13.2 Å². The Morgan fingerprint density at radius 3 is 2.53 bits per heavy atom. The van der Waals surface area contributed by atoms with Gasteiger partial charge in [-0.25, -0.2) is 0 Å². The highest BCUT2D eigenvalue weighted by atomic mass is 35.5. The van der Waals surface area contributed by atoms with Crippen LogP contribution in [0.3, 0.4) is 0 Å². The fraction of sp³-hybridized carbons (Fsp3) is 0.400. The number of benzene rings is 1. The van der Waals surface area contributed by atoms with Gasteiger partial charge in [-0.2, -0.15) is 13.2 Å². The highest BCUT2D eigenvalue weighted by Crippen LogP contribution is 2.34. The Morgan fingerprint density at radius 2 is 2.07 bits per heavy atom. The van der Waals surface area contributed by atoms with E-state index in [-0.39, 0.29) is 12.1 Å². The van der Waals surface area contributed by atoms with Gasteiger partial charge in [-0.05, 0) is 24.7 Å². The van der Waals surface area contributed by atoms with Gasteiger partial charge in [0, 0.05) is 11.6 Å². The summed E-state index contributed by atoms with van der Waals surface area (Å²) < 4.78 is 37.9. The molecule has 1 atom stereocenters. The van der Waals surface area contributed by atoms with E-state index < -0.39 is 12.1 Å². The van der Waals surface area contributed by atoms with Crippen molar-refractivity contribution < 1.29 is 13.2 Å². The van der Waals surface area contributed by atoms with Crippen molar-refractivity contribution >= 4 is 11.6 Å². The van der Waals surface area contributed by atoms with Crippen molar-refractivity contribution in [1.29, 1.82) is 0 Å². The highest BCUT2D eigenvalue weighted by Gasteiger charge is 2.40. The molecule has 15 heavy (non-hydrogen) atoms. The van der Waals surface area contributed by atoms with Crippen molar-refractivity contribution in [3.05, 3.63) is 34.9 Å². The zero-order valence-corrected chi connectivity index (χ0v) is 8.86. The van der Waals surface area contributed by atoms with Gasteiger partial charge in [-0.3, -0.25) is 0 Å². The Bertz CT molecular complexity index is 325. The van der Waals surface area contributed by atoms with Gasteiger partial charge >= 0.3 is 6.18 Å². The molecule has 0 aliphatic heterocycles. The lowest BCUT2D eigenvalue weighted by atomic mass is 9.98. The number of alkyl halides is 3. The minimum Gasteiger partial charge on any atom is -0.319 e. The molecule has 0 saturated carbocycles. The molecule has 0 heterocycles. The number of hydrogen-bond donors (Lipinski definition) is 1. The molecule has 0 bridgehead atoms. The summed E-state index contributed by atoms with van der Waals surface area (Å²) in [6.45, 7) is -0.149. The molecule has 1 aromatic carbocycles. The van der Waals surface area contributed by atoms with Crippen molar-refractivity contribution in [2.75, 3.05) is 13.6 Å². The second-order valence-corrected chi connectivity index (χ2v) is 3.64. The summed E-state index contributed by atoms with van der Waals surface area (Å²) >= 11 is 5.65. The predicted octanol–water partition coefficient (Wildman–Crippen LogP) is 3.21. The van der Waals surface area contributed by atoms with Crippen LogP contribution in [0.15, 0.2) is 24.3 Å². The van der Waals surface area contributed by atoms with Gasteiger partial charge in [-0.1, -0.05) is 23.7 Å². The highest BCUT2D eigenvalue weighted by molar-refractivity contribution is 6.30. The Hall–Kier alpha value is -0.740. The number of hydrogen-bond acceptors (Lipinski definition) is 1. The first-order valence-corrected chi connectivity index (χ1v) is 4.79. The molecule has 84 valence electrons. The molecule has 0 aliphatic carbocycles. The van der Waals surface area contributed by atoms with Crippen LogP contribution in [0.5, 0.6) is 0 Å². The zero-order chi connectivity index (χ0) is 11.5. The van der Waals surface area contributed by atoms with Crippen LogP contribution < -0.4 is 5.32 Å². The third kappa shape index (κ3) is 3.39. The van der Waals surface area contributed by atoms with Crippen LogP contribution in [-0.4, -0.2) is 19.8 Å². The molecule has 5 heteroatoms. The maximum absolute atomic E-state index is 12.6. The molecular weight excluding hydrogens is 227 g/mol. The molecule has 1 rings (SSSR count). The number of halogens is 4. The summed E-state index contributed by atoms with van der Waals surface area (Å²) in [7, 11) is 1.49. The number of rotatable bonds is 3. The first kappa shape index (κ1) is 12.3. The van der Waals surface area contributed by atoms with E-state index in [1.807, 2.05) is 0 Å². The van der Waals surface area contributed by atoms with E-state index in [4.69, 9.17) is 11.6 Å². The largest absolute Gasteiger partial charge is 0.396 e. The normalized spacial score (nSPS) is 13.9. The first-order chi connectivity index (χ1) is 6.95. The second-order valence-electron chi connectivity index (χ2n) is 3.21. The molecule has 0 spiro atoms. The standard InChI is InChI=1S/C10H11ClF3N/c1-15-6-9(10(12,13)14)7-3-2-4-8(11)5-7/h2-5,9,15H,6H2,1H3. The van der Waals surface area contributed by atoms with Gasteiger partial charge in [0.15, 0.2) is 0 Å². The molecule has 1 unspecified atom stereocenters. The molecule has 0 aliphatic rings. The summed E-state index contributed by atoms with van der Waals surface area (Å²) in [5.41, 5.74) is 0.185. The average molecular weight is 238 g/mol. The number of likely N-dealkylation sites (N-methyl/N-ethyl adjacent to an activating group) is 1. The molecular formula is C10H11ClF3N. The summed E-state index contributed by atoms with van der Waals surface area (Å²) in [6.07, 6.45) is -4.26. The van der Waals surface area contributed by atoms with Crippen LogP contribution in [0.2, 0.25) is 5.02 Å². The van der Waals surface area contributed by atoms with E-state index in [2.05, 4.69) is 5.32 Å². The molecule has 0 amide bonds. The van der Waals surface area contributed by atoms with E-state index in [0.29, 0.717) is 5.02 Å². The molecule has 1 aromatic rings. The lowest BCUT2D eigenvalue weighted by Gasteiger charge is -2.20. The van der Waals surface area contributed by atoms with E-state index in [9.17, 15) is 13.2 Å². The fourth-order valence-corrected chi connectivity index (χ4v) is 1.55. The lowest BCUT2D eigenvalue weighted by Crippen LogP contribution is -2.29. The maximum atomic E-state index is 12.6. The van der Waals surface area contributed by atoms with E-state index in [1.165, 1.54) is 25.2 Å². The summed E-state index contributed by atoms with van der Waals surface area (Å²) in [5, 5.41) is 2.85. The SMILES string of the molecule is CNCC(c1cccc(Cl)c1)C(F)(F)F. The molecule has 0 radical (unpaired) electrons. The topological polar surface area (TPSA) is 12.0 Å². The second kappa shape index (κ2) is 4.86. The number of nitrogens with one attached hydrogen (secondary N) is 1. The van der Waals surface area contributed by atoms with Crippen LogP contribution >= 0.6 is 11.6 Å². The summed E-state index contributed by atoms with van der Waals surface area (Å²) in [5.74, 6) is -1.51. The molecule has 1 N–H and O–H groups in total. The van der Waals surface area contributed by atoms with Crippen molar-refractivity contribution in [3.8, 4) is 0 Å². The van der Waals surface area contributed by atoms with Gasteiger partial charge in [0.25, 0.3) is 0 Å². The molecule has 0 aromatic heterocycles. The van der Waals surface area contributed by atoms with Gasteiger partial charge in [0.1, 0.15) is 0 Å². The smallest absolute Gasteiger partial charge is 0.319 e. The van der Waals surface area contributed by atoms with Gasteiger partial charge < -0.3 is 5.32 Å². The van der Waals surface area contributed by atoms with Crippen LogP contribution in [0, 0.1) is 0 Å². The van der Waals surface area contributed by atoms with Crippen molar-refractivity contribution in [3.63, 3.8) is 0 Å². The van der Waals surface area contributed by atoms with E-state index in [0.717, 1.165) is 0 Å². The van der Waals surface area contributed by atoms with Crippen molar-refractivity contribution in [2.45, 2.75) is 12.1 Å². The van der Waals surface area contributed by atoms with Crippen LogP contribution in [-0.2, 0) is 0 Å². The maximum Gasteiger partial charge on any atom is 0.396 e. The minimum atomic E-state index is -4.26. The van der Waals surface area contributed by atoms with Crippen LogP contribution in [0.25, 0.3) is 0 Å². The van der Waals surface area contributed by atoms with Gasteiger partial charge in [0.05, 0.1) is 5.92 Å². The minimum absolute atomic E-state index is 0.149. The summed E-state index contributed by atoms with van der Waals surface area (Å²) in [4.78, 5) is 0. The predicted molar refractivity (Wildman–Crippen MR) is 54.2 cm³/mol. The van der Waals surface area contributed by atoms with Gasteiger partial charge in [-0.15, -0.1) is 0 Å². The van der Waals surface area contributed by atoms with E-state index in [1.54, 1.807) is 6.07 Å². The Kier molecular flexibility index (Phi) is 3.99. The average Bonchev–Trinajstić information content (AvgIpc) is 2.12. The first-order valence-electron chi connectivity index (χ1n) is 4.42. The zero-order valence-electron chi connectivity index (χ0n) is 8.11. The van der Waals surface area contributed by atoms with Crippen molar-refractivity contribution in [1.82, 2.24) is 5.32 Å². The Labute approximate surface area is 91.2 Å². The van der Waals surface area contributed by atoms with Crippen LogP contribution in [0.1, 0.15) is 11.5 Å². The third-order valence-corrected chi connectivity index (χ3v) is 2.29. The quantitative estimate of drug-likeness (QED) is 0.851. The molecule has 0 fully saturated rings. The summed E-state index contributed by atoms with van der Waals surface area (Å²) in [6, 6.07) is 5.85. The Morgan fingerprint density at radius 1 is 1.40 bits per heavy atom. The third-order valence-electron chi connectivity index (χ3n) is 2.05. The monoisotopic (exact) mass is 237 g/mol. The lowest BCUT2D eigenvalue weighted by molar-refractivity contribution is -0.149. The molecule has 0 saturated heterocycles. The van der Waals surface area contributed by atoms with Gasteiger partial charge in [0.2, 0.25) is 0 Å².